The number of benzene rings is 2. The van der Waals surface area contributed by atoms with Crippen molar-refractivity contribution in [2.24, 2.45) is 29.2 Å². The van der Waals surface area contributed by atoms with Gasteiger partial charge in [0.1, 0.15) is 17.9 Å². The first-order chi connectivity index (χ1) is 33.8. The minimum absolute atomic E-state index is 0.0258. The van der Waals surface area contributed by atoms with Crippen molar-refractivity contribution in [3.05, 3.63) is 93.7 Å². The van der Waals surface area contributed by atoms with E-state index in [0.29, 0.717) is 46.4 Å². The van der Waals surface area contributed by atoms with Gasteiger partial charge in [-0.15, -0.1) is 0 Å². The fraction of sp³-hybridized carbons (Fsp3) is 0.545. The quantitative estimate of drug-likeness (QED) is 0.143. The number of fused-ring (bicyclic) bond motifs is 2. The average molecular weight is 982 g/mol. The van der Waals surface area contributed by atoms with Crippen LogP contribution >= 0.6 is 11.6 Å². The number of amides is 2. The molecule has 1 N–H and O–H groups in total. The number of rotatable bonds is 10. The van der Waals surface area contributed by atoms with Gasteiger partial charge in [0.25, 0.3) is 5.91 Å². The Morgan fingerprint density at radius 3 is 2.35 bits per heavy atom. The topological polar surface area (TPSA) is 154 Å². The molecule has 1 atom stereocenters. The highest BCUT2D eigenvalue weighted by Gasteiger charge is 2.64. The normalized spacial score (nSPS) is 22.8. The molecule has 1 aliphatic carbocycles. The number of aromatic nitrogens is 6. The number of likely N-dealkylation sites (tertiary alicyclic amines) is 1. The lowest BCUT2D eigenvalue weighted by Crippen LogP contribution is -2.74. The smallest absolute Gasteiger partial charge is 0.254 e. The molecule has 10 rings (SSSR count). The summed E-state index contributed by atoms with van der Waals surface area (Å²) in [5, 5.41) is 22.9. The molecule has 3 aromatic heterocycles. The Bertz CT molecular complexity index is 2870. The Morgan fingerprint density at radius 2 is 1.69 bits per heavy atom. The number of carbonyl (C=O) groups is 2. The van der Waals surface area contributed by atoms with Crippen LogP contribution in [-0.2, 0) is 31.2 Å². The minimum atomic E-state index is -0.385. The SMILES string of the molecule is CC(=O)N1CCc2c(c(N3CCCc4cc(-c5cnn(C)c5)c(C)cc43)nn2C2CCN(CC3CCN(c4ncc(C(=O)NC5C(C)(C)C(Oc6ccc(C#N)c(Cl)c6)C5(C)C)cn4)CC3(C)C)CC2)C1. The summed E-state index contributed by atoms with van der Waals surface area (Å²) in [5.74, 6) is 2.69. The number of hydrogen-bond acceptors (Lipinski definition) is 11. The van der Waals surface area contributed by atoms with Gasteiger partial charge in [-0.1, -0.05) is 53.1 Å². The first-order valence-corrected chi connectivity index (χ1v) is 25.9. The van der Waals surface area contributed by atoms with Crippen LogP contribution in [0.1, 0.15) is 118 Å². The molecule has 1 unspecified atom stereocenters. The van der Waals surface area contributed by atoms with E-state index in [4.69, 9.17) is 31.4 Å². The van der Waals surface area contributed by atoms with Gasteiger partial charge in [-0.3, -0.25) is 19.0 Å². The first-order valence-electron chi connectivity index (χ1n) is 25.5. The summed E-state index contributed by atoms with van der Waals surface area (Å²) < 4.78 is 10.7. The van der Waals surface area contributed by atoms with Gasteiger partial charge in [-0.05, 0) is 91.3 Å². The Hall–Kier alpha value is -5.98. The molecule has 5 aromatic rings. The van der Waals surface area contributed by atoms with E-state index < -0.39 is 0 Å². The van der Waals surface area contributed by atoms with Gasteiger partial charge < -0.3 is 29.7 Å². The Kier molecular flexibility index (Phi) is 12.7. The van der Waals surface area contributed by atoms with Crippen molar-refractivity contribution >= 4 is 40.9 Å². The van der Waals surface area contributed by atoms with Crippen LogP contribution in [0.5, 0.6) is 5.75 Å². The van der Waals surface area contributed by atoms with E-state index >= 15 is 0 Å². The lowest BCUT2D eigenvalue weighted by Gasteiger charge is -2.63. The fourth-order valence-corrected chi connectivity index (χ4v) is 13.2. The zero-order chi connectivity index (χ0) is 50.1. The Balaban J connectivity index is 0.759. The first kappa shape index (κ1) is 48.6. The Morgan fingerprint density at radius 1 is 0.944 bits per heavy atom. The van der Waals surface area contributed by atoms with Crippen molar-refractivity contribution in [1.82, 2.24) is 44.6 Å². The van der Waals surface area contributed by atoms with E-state index in [9.17, 15) is 14.9 Å². The number of anilines is 3. The predicted octanol–water partition coefficient (Wildman–Crippen LogP) is 8.70. The number of nitriles is 1. The third-order valence-corrected chi connectivity index (χ3v) is 17.1. The van der Waals surface area contributed by atoms with Crippen LogP contribution < -0.4 is 19.9 Å². The molecule has 374 valence electrons. The maximum absolute atomic E-state index is 13.7. The van der Waals surface area contributed by atoms with Crippen molar-refractivity contribution in [2.75, 3.05) is 55.6 Å². The highest BCUT2D eigenvalue weighted by molar-refractivity contribution is 6.31. The average Bonchev–Trinajstić information content (AvgIpc) is 3.96. The minimum Gasteiger partial charge on any atom is -0.489 e. The molecule has 16 heteroatoms. The number of halogens is 1. The van der Waals surface area contributed by atoms with Gasteiger partial charge in [0, 0.05) is 130 Å². The number of ether oxygens (including phenoxy) is 1. The van der Waals surface area contributed by atoms with E-state index in [2.05, 4.69) is 103 Å². The zero-order valence-corrected chi connectivity index (χ0v) is 43.7. The lowest BCUT2D eigenvalue weighted by molar-refractivity contribution is -0.164. The van der Waals surface area contributed by atoms with Crippen LogP contribution in [0.2, 0.25) is 5.02 Å². The van der Waals surface area contributed by atoms with Crippen LogP contribution in [0.4, 0.5) is 17.5 Å². The number of nitrogens with one attached hydrogen (secondary N) is 1. The van der Waals surface area contributed by atoms with E-state index in [0.717, 1.165) is 95.7 Å². The van der Waals surface area contributed by atoms with Gasteiger partial charge >= 0.3 is 0 Å². The standard InChI is InChI=1S/C55H69ClN12O3/c1-34-23-47-36(24-43(34)39-29-60-63(9)30-39)11-10-18-67(47)48-44-32-65(35(2)69)22-17-46(44)68(62-48)41-15-19-64(20-16-41)31-40-14-21-66(33-53(40,3)4)52-58-27-38(28-59-52)49(70)61-50-54(5,6)51(55(50,7)8)71-42-13-12-37(26-57)45(56)25-42/h12-13,23-25,27-30,40-41,50-51H,10-11,14-22,31-33H2,1-9H3,(H,61,70). The number of aryl methyl sites for hydroxylation is 3. The second-order valence-electron chi connectivity index (χ2n) is 22.8. The molecular formula is C55H69ClN12O3. The van der Waals surface area contributed by atoms with Crippen molar-refractivity contribution in [3.8, 4) is 22.9 Å². The van der Waals surface area contributed by atoms with Gasteiger partial charge in [0.15, 0.2) is 5.82 Å². The second-order valence-corrected chi connectivity index (χ2v) is 23.2. The molecule has 0 bridgehead atoms. The summed E-state index contributed by atoms with van der Waals surface area (Å²) >= 11 is 6.30. The van der Waals surface area contributed by atoms with E-state index in [1.807, 2.05) is 22.8 Å². The molecule has 5 aliphatic rings. The van der Waals surface area contributed by atoms with E-state index in [-0.39, 0.29) is 40.2 Å². The van der Waals surface area contributed by atoms with Crippen LogP contribution in [0.15, 0.2) is 55.1 Å². The molecular weight excluding hydrogens is 912 g/mol. The van der Waals surface area contributed by atoms with Crippen LogP contribution in [0, 0.1) is 40.4 Å². The molecule has 3 fully saturated rings. The fourth-order valence-electron chi connectivity index (χ4n) is 13.0. The molecule has 2 aromatic carbocycles. The molecule has 71 heavy (non-hydrogen) atoms. The molecule has 4 aliphatic heterocycles. The summed E-state index contributed by atoms with van der Waals surface area (Å²) in [6.45, 7) is 24.0. The highest BCUT2D eigenvalue weighted by atomic mass is 35.5. The number of nitrogens with zero attached hydrogens (tertiary/aromatic N) is 11. The van der Waals surface area contributed by atoms with Crippen LogP contribution in [0.25, 0.3) is 11.1 Å². The molecule has 0 spiro atoms. The summed E-state index contributed by atoms with van der Waals surface area (Å²) in [4.78, 5) is 45.3. The third-order valence-electron chi connectivity index (χ3n) is 16.8. The van der Waals surface area contributed by atoms with Gasteiger partial charge in [-0.2, -0.15) is 15.5 Å². The molecule has 15 nitrogen and oxygen atoms in total. The number of piperidine rings is 2. The molecule has 7 heterocycles. The van der Waals surface area contributed by atoms with Crippen LogP contribution in [0.3, 0.4) is 0 Å². The molecule has 1 saturated carbocycles. The molecule has 2 saturated heterocycles. The summed E-state index contributed by atoms with van der Waals surface area (Å²) in [5.41, 5.74) is 8.75. The largest absolute Gasteiger partial charge is 0.489 e. The number of hydrogen-bond donors (Lipinski definition) is 1. The second kappa shape index (κ2) is 18.6. The van der Waals surface area contributed by atoms with Gasteiger partial charge in [0.2, 0.25) is 11.9 Å². The van der Waals surface area contributed by atoms with Crippen molar-refractivity contribution in [1.29, 1.82) is 5.26 Å². The maximum Gasteiger partial charge on any atom is 0.254 e. The zero-order valence-electron chi connectivity index (χ0n) is 42.9. The summed E-state index contributed by atoms with van der Waals surface area (Å²) in [7, 11) is 1.96. The summed E-state index contributed by atoms with van der Waals surface area (Å²) in [6.07, 6.45) is 13.1. The number of carbonyl (C=O) groups excluding carboxylic acids is 2. The Labute approximate surface area is 423 Å². The van der Waals surface area contributed by atoms with E-state index in [1.54, 1.807) is 37.5 Å². The molecule has 0 radical (unpaired) electrons. The maximum atomic E-state index is 13.7. The van der Waals surface area contributed by atoms with Crippen molar-refractivity contribution < 1.29 is 14.3 Å². The van der Waals surface area contributed by atoms with E-state index in [1.165, 1.54) is 33.6 Å². The highest BCUT2D eigenvalue weighted by Crippen LogP contribution is 2.56. The van der Waals surface area contributed by atoms with Crippen LogP contribution in [-0.4, -0.2) is 109 Å². The monoisotopic (exact) mass is 981 g/mol. The predicted molar refractivity (Wildman–Crippen MR) is 276 cm³/mol. The molecule has 2 amide bonds. The lowest BCUT2D eigenvalue weighted by atomic mass is 9.49. The van der Waals surface area contributed by atoms with Crippen molar-refractivity contribution in [3.63, 3.8) is 0 Å². The summed E-state index contributed by atoms with van der Waals surface area (Å²) in [6, 6.07) is 12.0. The van der Waals surface area contributed by atoms with Crippen molar-refractivity contribution in [2.45, 2.75) is 119 Å². The van der Waals surface area contributed by atoms with Gasteiger partial charge in [0.05, 0.1) is 34.9 Å². The third kappa shape index (κ3) is 9.04. The van der Waals surface area contributed by atoms with Gasteiger partial charge in [-0.25, -0.2) is 9.97 Å².